The maximum absolute atomic E-state index is 12.8. The van der Waals surface area contributed by atoms with E-state index >= 15 is 0 Å². The molecule has 3 aromatic carbocycles. The standard InChI is InChI=1S/C30H20O7/c1-16-13-24-28(20(14-25(31)36-24)17-5-3-2-4-6-17)29-27(16)21(15-26(32)37-29)23-12-11-22(35-23)18-7-9-19(10-8-18)30(33)34/h2-14,21H,15H2,1H3,(H,33,34)/t21-/m1/s1. The monoisotopic (exact) mass is 492 g/mol. The van der Waals surface area contributed by atoms with Gasteiger partial charge in [0.2, 0.25) is 0 Å². The first-order valence-corrected chi connectivity index (χ1v) is 11.7. The van der Waals surface area contributed by atoms with Crippen LogP contribution in [0, 0.1) is 6.92 Å². The van der Waals surface area contributed by atoms with Gasteiger partial charge < -0.3 is 18.7 Å². The third-order valence-electron chi connectivity index (χ3n) is 6.64. The smallest absolute Gasteiger partial charge is 0.336 e. The fraction of sp³-hybridized carbons (Fsp3) is 0.100. The van der Waals surface area contributed by atoms with Crippen LogP contribution in [0.5, 0.6) is 5.75 Å². The van der Waals surface area contributed by atoms with Crippen LogP contribution < -0.4 is 10.4 Å². The lowest BCUT2D eigenvalue weighted by Crippen LogP contribution is -2.22. The zero-order valence-electron chi connectivity index (χ0n) is 19.7. The quantitative estimate of drug-likeness (QED) is 0.182. The van der Waals surface area contributed by atoms with Crippen molar-refractivity contribution in [2.24, 2.45) is 0 Å². The topological polar surface area (TPSA) is 107 Å². The molecule has 6 rings (SSSR count). The summed E-state index contributed by atoms with van der Waals surface area (Å²) < 4.78 is 17.5. The van der Waals surface area contributed by atoms with Gasteiger partial charge in [-0.05, 0) is 48.4 Å². The second-order valence-electron chi connectivity index (χ2n) is 8.97. The Labute approximate surface area is 210 Å². The number of ether oxygens (including phenoxy) is 1. The van der Waals surface area contributed by atoms with Crippen molar-refractivity contribution in [3.8, 4) is 28.2 Å². The molecule has 3 heterocycles. The van der Waals surface area contributed by atoms with Crippen LogP contribution in [0.1, 0.15) is 39.6 Å². The number of aromatic carboxylic acids is 1. The Kier molecular flexibility index (Phi) is 5.26. The number of carbonyl (C=O) groups is 2. The molecule has 0 unspecified atom stereocenters. The molecule has 0 aliphatic carbocycles. The van der Waals surface area contributed by atoms with Gasteiger partial charge in [-0.3, -0.25) is 4.79 Å². The molecule has 1 aliphatic rings. The number of hydrogen-bond acceptors (Lipinski definition) is 6. The number of aryl methyl sites for hydroxylation is 1. The summed E-state index contributed by atoms with van der Waals surface area (Å²) in [6, 6.07) is 22.6. The molecule has 0 saturated heterocycles. The zero-order valence-corrected chi connectivity index (χ0v) is 19.7. The highest BCUT2D eigenvalue weighted by molar-refractivity contribution is 6.01. The third kappa shape index (κ3) is 3.90. The minimum Gasteiger partial charge on any atom is -0.478 e. The Morgan fingerprint density at radius 1 is 0.892 bits per heavy atom. The number of rotatable bonds is 4. The summed E-state index contributed by atoms with van der Waals surface area (Å²) >= 11 is 0. The van der Waals surface area contributed by atoms with E-state index in [1.54, 1.807) is 24.3 Å². The average molecular weight is 492 g/mol. The van der Waals surface area contributed by atoms with Crippen molar-refractivity contribution >= 4 is 22.9 Å². The Hall–Kier alpha value is -4.91. The maximum Gasteiger partial charge on any atom is 0.336 e. The summed E-state index contributed by atoms with van der Waals surface area (Å²) in [7, 11) is 0. The molecule has 0 fully saturated rings. The van der Waals surface area contributed by atoms with Gasteiger partial charge >= 0.3 is 17.6 Å². The Morgan fingerprint density at radius 3 is 2.38 bits per heavy atom. The molecule has 1 atom stereocenters. The van der Waals surface area contributed by atoms with Gasteiger partial charge in [0.25, 0.3) is 0 Å². The number of benzene rings is 3. The first-order chi connectivity index (χ1) is 17.9. The molecule has 0 radical (unpaired) electrons. The number of fused-ring (bicyclic) bond motifs is 3. The molecule has 37 heavy (non-hydrogen) atoms. The van der Waals surface area contributed by atoms with Gasteiger partial charge in [-0.2, -0.15) is 0 Å². The Balaban J connectivity index is 1.51. The molecular weight excluding hydrogens is 472 g/mol. The molecule has 0 saturated carbocycles. The predicted molar refractivity (Wildman–Crippen MR) is 136 cm³/mol. The molecule has 1 aliphatic heterocycles. The lowest BCUT2D eigenvalue weighted by molar-refractivity contribution is -0.135. The predicted octanol–water partition coefficient (Wildman–Crippen LogP) is 6.17. The van der Waals surface area contributed by atoms with Gasteiger partial charge in [0.05, 0.1) is 23.3 Å². The van der Waals surface area contributed by atoms with Crippen molar-refractivity contribution in [3.63, 3.8) is 0 Å². The Bertz CT molecular complexity index is 1740. The van der Waals surface area contributed by atoms with Crippen LogP contribution in [0.15, 0.2) is 92.5 Å². The molecule has 7 nitrogen and oxygen atoms in total. The van der Waals surface area contributed by atoms with Crippen molar-refractivity contribution in [1.82, 2.24) is 0 Å². The molecular formula is C30H20O7. The second kappa shape index (κ2) is 8.64. The molecule has 182 valence electrons. The number of esters is 1. The summed E-state index contributed by atoms with van der Waals surface area (Å²) in [6.45, 7) is 1.88. The summed E-state index contributed by atoms with van der Waals surface area (Å²) in [5, 5.41) is 9.71. The number of carboxylic acid groups (broad SMARTS) is 1. The lowest BCUT2D eigenvalue weighted by atomic mass is 9.85. The van der Waals surface area contributed by atoms with Gasteiger partial charge in [-0.15, -0.1) is 0 Å². The first-order valence-electron chi connectivity index (χ1n) is 11.7. The fourth-order valence-corrected chi connectivity index (χ4v) is 4.96. The van der Waals surface area contributed by atoms with Crippen LogP contribution in [0.2, 0.25) is 0 Å². The van der Waals surface area contributed by atoms with E-state index in [9.17, 15) is 14.4 Å². The molecule has 5 aromatic rings. The van der Waals surface area contributed by atoms with E-state index in [0.717, 1.165) is 22.3 Å². The number of carbonyl (C=O) groups excluding carboxylic acids is 1. The van der Waals surface area contributed by atoms with E-state index < -0.39 is 23.5 Å². The highest BCUT2D eigenvalue weighted by atomic mass is 16.5. The van der Waals surface area contributed by atoms with Gasteiger partial charge in [-0.1, -0.05) is 42.5 Å². The second-order valence-corrected chi connectivity index (χ2v) is 8.97. The highest BCUT2D eigenvalue weighted by Gasteiger charge is 2.35. The van der Waals surface area contributed by atoms with Gasteiger partial charge in [0, 0.05) is 22.8 Å². The highest BCUT2D eigenvalue weighted by Crippen LogP contribution is 2.47. The van der Waals surface area contributed by atoms with Gasteiger partial charge in [-0.25, -0.2) is 9.59 Å². The first kappa shape index (κ1) is 22.5. The van der Waals surface area contributed by atoms with E-state index in [0.29, 0.717) is 33.8 Å². The molecule has 0 spiro atoms. The van der Waals surface area contributed by atoms with Crippen molar-refractivity contribution in [3.05, 3.63) is 112 Å². The van der Waals surface area contributed by atoms with E-state index in [2.05, 4.69) is 0 Å². The molecule has 2 aromatic heterocycles. The Morgan fingerprint density at radius 2 is 1.65 bits per heavy atom. The molecule has 7 heteroatoms. The van der Waals surface area contributed by atoms with Gasteiger partial charge in [0.15, 0.2) is 0 Å². The molecule has 0 bridgehead atoms. The van der Waals surface area contributed by atoms with E-state index in [1.165, 1.54) is 18.2 Å². The van der Waals surface area contributed by atoms with Gasteiger partial charge in [0.1, 0.15) is 22.9 Å². The lowest BCUT2D eigenvalue weighted by Gasteiger charge is -2.26. The minimum atomic E-state index is -1.00. The zero-order chi connectivity index (χ0) is 25.7. The van der Waals surface area contributed by atoms with E-state index in [-0.39, 0.29) is 12.0 Å². The maximum atomic E-state index is 12.8. The van der Waals surface area contributed by atoms with Crippen LogP contribution in [0.25, 0.3) is 33.4 Å². The van der Waals surface area contributed by atoms with Crippen molar-refractivity contribution in [2.75, 3.05) is 0 Å². The van der Waals surface area contributed by atoms with Crippen molar-refractivity contribution in [2.45, 2.75) is 19.3 Å². The number of hydrogen-bond donors (Lipinski definition) is 1. The van der Waals surface area contributed by atoms with E-state index in [1.807, 2.05) is 43.3 Å². The largest absolute Gasteiger partial charge is 0.478 e. The van der Waals surface area contributed by atoms with Crippen LogP contribution in [0.3, 0.4) is 0 Å². The van der Waals surface area contributed by atoms with Crippen molar-refractivity contribution < 1.29 is 28.3 Å². The van der Waals surface area contributed by atoms with Crippen LogP contribution in [0.4, 0.5) is 0 Å². The SMILES string of the molecule is Cc1cc2oc(=O)cc(-c3ccccc3)c2c2c1[C@@H](c1ccc(-c3ccc(C(=O)O)cc3)o1)CC(=O)O2. The molecule has 0 amide bonds. The fourth-order valence-electron chi connectivity index (χ4n) is 4.96. The third-order valence-corrected chi connectivity index (χ3v) is 6.64. The summed E-state index contributed by atoms with van der Waals surface area (Å²) in [4.78, 5) is 36.4. The van der Waals surface area contributed by atoms with Crippen LogP contribution in [-0.4, -0.2) is 17.0 Å². The number of furan rings is 1. The molecule has 1 N–H and O–H groups in total. The normalized spacial score (nSPS) is 14.8. The van der Waals surface area contributed by atoms with Crippen LogP contribution >= 0.6 is 0 Å². The average Bonchev–Trinajstić information content (AvgIpc) is 3.38. The summed E-state index contributed by atoms with van der Waals surface area (Å²) in [5.74, 6) is -0.334. The van der Waals surface area contributed by atoms with Crippen LogP contribution in [-0.2, 0) is 4.79 Å². The van der Waals surface area contributed by atoms with Crippen molar-refractivity contribution in [1.29, 1.82) is 0 Å². The number of carboxylic acids is 1. The summed E-state index contributed by atoms with van der Waals surface area (Å²) in [5.41, 5.74) is 3.77. The van der Waals surface area contributed by atoms with E-state index in [4.69, 9.17) is 18.7 Å². The minimum absolute atomic E-state index is 0.0850. The summed E-state index contributed by atoms with van der Waals surface area (Å²) in [6.07, 6.45) is 0.0850.